The second-order valence-corrected chi connectivity index (χ2v) is 9.72. The number of benzene rings is 2. The molecule has 0 aliphatic carbocycles. The van der Waals surface area contributed by atoms with Crippen molar-refractivity contribution in [1.29, 1.82) is 5.41 Å². The van der Waals surface area contributed by atoms with Crippen molar-refractivity contribution in [2.75, 3.05) is 6.54 Å². The Labute approximate surface area is 215 Å². The zero-order valence-electron chi connectivity index (χ0n) is 20.0. The Kier molecular flexibility index (Phi) is 8.17. The van der Waals surface area contributed by atoms with Gasteiger partial charge in [0.15, 0.2) is 0 Å². The molecule has 0 saturated carbocycles. The van der Waals surface area contributed by atoms with Crippen LogP contribution >= 0.6 is 11.3 Å². The second kappa shape index (κ2) is 11.7. The summed E-state index contributed by atoms with van der Waals surface area (Å²) in [5, 5.41) is 12.2. The second-order valence-electron chi connectivity index (χ2n) is 8.72. The third-order valence-electron chi connectivity index (χ3n) is 6.16. The summed E-state index contributed by atoms with van der Waals surface area (Å²) >= 11 is 1.45. The van der Waals surface area contributed by atoms with Crippen molar-refractivity contribution in [1.82, 2.24) is 10.2 Å². The van der Waals surface area contributed by atoms with Crippen LogP contribution in [0.3, 0.4) is 0 Å². The zero-order valence-corrected chi connectivity index (χ0v) is 20.9. The lowest BCUT2D eigenvalue weighted by atomic mass is 10.0. The molecular weight excluding hydrogens is 472 g/mol. The summed E-state index contributed by atoms with van der Waals surface area (Å²) < 4.78 is 5.83. The average Bonchev–Trinajstić information content (AvgIpc) is 3.57. The number of nitrogens with one attached hydrogen (secondary N) is 2. The molecule has 1 aliphatic heterocycles. The number of carbonyl (C=O) groups excluding carboxylic acids is 2. The van der Waals surface area contributed by atoms with Crippen molar-refractivity contribution in [3.8, 4) is 11.5 Å². The van der Waals surface area contributed by atoms with Gasteiger partial charge in [-0.1, -0.05) is 36.9 Å². The number of allylic oxidation sites excluding steroid dienone is 1. The third kappa shape index (κ3) is 6.40. The summed E-state index contributed by atoms with van der Waals surface area (Å²) in [6.07, 6.45) is 2.29. The van der Waals surface area contributed by atoms with Crippen molar-refractivity contribution in [2.24, 2.45) is 5.73 Å². The third-order valence-corrected chi connectivity index (χ3v) is 7.10. The summed E-state index contributed by atoms with van der Waals surface area (Å²) in [4.78, 5) is 28.4. The smallest absolute Gasteiger partial charge is 0.243 e. The van der Waals surface area contributed by atoms with E-state index in [-0.39, 0.29) is 17.6 Å². The van der Waals surface area contributed by atoms with E-state index in [1.807, 2.05) is 54.6 Å². The molecule has 1 aromatic heterocycles. The first-order valence-electron chi connectivity index (χ1n) is 11.9. The van der Waals surface area contributed by atoms with Crippen LogP contribution in [-0.4, -0.2) is 35.1 Å². The summed E-state index contributed by atoms with van der Waals surface area (Å²) in [6, 6.07) is 18.6. The minimum absolute atomic E-state index is 0.00874. The SMILES string of the molecule is C=C(CCC(=O)N1CCC[C@H]1C(=O)NCc1cc(C(=N)N)cs1)c1ccc(Oc2ccccc2)cc1. The lowest BCUT2D eigenvalue weighted by Crippen LogP contribution is -2.45. The molecule has 3 aromatic rings. The lowest BCUT2D eigenvalue weighted by molar-refractivity contribution is -0.138. The van der Waals surface area contributed by atoms with Gasteiger partial charge in [-0.15, -0.1) is 11.3 Å². The first-order valence-corrected chi connectivity index (χ1v) is 12.8. The van der Waals surface area contributed by atoms with Crippen molar-refractivity contribution < 1.29 is 14.3 Å². The molecule has 1 atom stereocenters. The molecule has 7 nitrogen and oxygen atoms in total. The molecule has 1 saturated heterocycles. The molecule has 2 amide bonds. The summed E-state index contributed by atoms with van der Waals surface area (Å²) in [7, 11) is 0. The van der Waals surface area contributed by atoms with Crippen LogP contribution in [0.5, 0.6) is 11.5 Å². The van der Waals surface area contributed by atoms with Gasteiger partial charge in [0.25, 0.3) is 0 Å². The molecule has 186 valence electrons. The molecule has 8 heteroatoms. The number of nitrogens with zero attached hydrogens (tertiary/aromatic N) is 1. The monoisotopic (exact) mass is 502 g/mol. The quantitative estimate of drug-likeness (QED) is 0.270. The van der Waals surface area contributed by atoms with E-state index < -0.39 is 6.04 Å². The number of thiophene rings is 1. The Morgan fingerprint density at radius 2 is 1.81 bits per heavy atom. The Morgan fingerprint density at radius 1 is 1.08 bits per heavy atom. The minimum atomic E-state index is -0.451. The van der Waals surface area contributed by atoms with Crippen molar-refractivity contribution in [2.45, 2.75) is 38.3 Å². The van der Waals surface area contributed by atoms with Crippen LogP contribution in [0.2, 0.25) is 0 Å². The van der Waals surface area contributed by atoms with Gasteiger partial charge in [-0.2, -0.15) is 0 Å². The fraction of sp³-hybridized carbons (Fsp3) is 0.250. The highest BCUT2D eigenvalue weighted by Crippen LogP contribution is 2.26. The number of likely N-dealkylation sites (tertiary alicyclic amines) is 1. The van der Waals surface area contributed by atoms with Crippen LogP contribution in [0.15, 0.2) is 72.6 Å². The number of amides is 2. The lowest BCUT2D eigenvalue weighted by Gasteiger charge is -2.24. The van der Waals surface area contributed by atoms with Crippen LogP contribution in [0.25, 0.3) is 5.57 Å². The van der Waals surface area contributed by atoms with E-state index in [9.17, 15) is 9.59 Å². The van der Waals surface area contributed by atoms with Crippen LogP contribution in [0, 0.1) is 5.41 Å². The van der Waals surface area contributed by atoms with Gasteiger partial charge in [0.1, 0.15) is 23.4 Å². The highest BCUT2D eigenvalue weighted by molar-refractivity contribution is 7.10. The van der Waals surface area contributed by atoms with E-state index in [0.29, 0.717) is 37.9 Å². The normalized spacial score (nSPS) is 14.9. The number of amidine groups is 1. The van der Waals surface area contributed by atoms with E-state index in [1.54, 1.807) is 16.3 Å². The summed E-state index contributed by atoms with van der Waals surface area (Å²) in [5.74, 6) is 1.34. The van der Waals surface area contributed by atoms with E-state index >= 15 is 0 Å². The molecule has 1 aliphatic rings. The molecular formula is C28H30N4O3S. The molecule has 0 spiro atoms. The summed E-state index contributed by atoms with van der Waals surface area (Å²) in [5.41, 5.74) is 7.98. The molecule has 36 heavy (non-hydrogen) atoms. The van der Waals surface area contributed by atoms with Crippen LogP contribution in [-0.2, 0) is 16.1 Å². The molecule has 1 fully saturated rings. The van der Waals surface area contributed by atoms with E-state index in [1.165, 1.54) is 11.3 Å². The Hall–Kier alpha value is -3.91. The number of ether oxygens (including phenoxy) is 1. The number of nitrogens with two attached hydrogens (primary N) is 1. The molecule has 4 N–H and O–H groups in total. The molecule has 0 unspecified atom stereocenters. The molecule has 0 bridgehead atoms. The molecule has 2 aromatic carbocycles. The van der Waals surface area contributed by atoms with E-state index in [2.05, 4.69) is 11.9 Å². The fourth-order valence-corrected chi connectivity index (χ4v) is 5.00. The number of rotatable bonds is 10. The maximum absolute atomic E-state index is 13.0. The predicted octanol–water partition coefficient (Wildman–Crippen LogP) is 4.93. The van der Waals surface area contributed by atoms with E-state index in [4.69, 9.17) is 15.9 Å². The van der Waals surface area contributed by atoms with Gasteiger partial charge in [0.2, 0.25) is 11.8 Å². The maximum Gasteiger partial charge on any atom is 0.243 e. The average molecular weight is 503 g/mol. The highest BCUT2D eigenvalue weighted by atomic mass is 32.1. The van der Waals surface area contributed by atoms with Crippen molar-refractivity contribution in [3.63, 3.8) is 0 Å². The Balaban J connectivity index is 1.26. The molecule has 0 radical (unpaired) electrons. The van der Waals surface area contributed by atoms with Gasteiger partial charge in [0.05, 0.1) is 6.54 Å². The fourth-order valence-electron chi connectivity index (χ4n) is 4.17. The zero-order chi connectivity index (χ0) is 25.5. The number of hydrogen-bond donors (Lipinski definition) is 3. The van der Waals surface area contributed by atoms with Gasteiger partial charge in [-0.3, -0.25) is 15.0 Å². The Morgan fingerprint density at radius 3 is 2.50 bits per heavy atom. The molecule has 4 rings (SSSR count). The first-order chi connectivity index (χ1) is 17.4. The van der Waals surface area contributed by atoms with Crippen LogP contribution in [0.4, 0.5) is 0 Å². The first kappa shape index (κ1) is 25.2. The van der Waals surface area contributed by atoms with Gasteiger partial charge in [0, 0.05) is 28.8 Å². The number of carbonyl (C=O) groups is 2. The predicted molar refractivity (Wildman–Crippen MR) is 143 cm³/mol. The minimum Gasteiger partial charge on any atom is -0.457 e. The van der Waals surface area contributed by atoms with Crippen molar-refractivity contribution in [3.05, 3.63) is 88.6 Å². The number of para-hydroxylation sites is 1. The number of nitrogen functional groups attached to an aromatic ring is 1. The van der Waals surface area contributed by atoms with Crippen molar-refractivity contribution >= 4 is 34.6 Å². The van der Waals surface area contributed by atoms with E-state index in [0.717, 1.165) is 33.9 Å². The molecule has 2 heterocycles. The van der Waals surface area contributed by atoms with Gasteiger partial charge in [-0.05, 0) is 60.7 Å². The standard InChI is InChI=1S/C28H30N4O3S/c1-19(20-10-12-23(13-11-20)35-22-6-3-2-4-7-22)9-14-26(33)32-15-5-8-25(32)28(34)31-17-24-16-21(18-36-24)27(29)30/h2-4,6-7,10-13,16,18,25H,1,5,8-9,14-15,17H2,(H3,29,30)(H,31,34)/t25-/m0/s1. The van der Waals surface area contributed by atoms with Gasteiger partial charge in [-0.25, -0.2) is 0 Å². The van der Waals surface area contributed by atoms with Gasteiger partial charge < -0.3 is 20.7 Å². The highest BCUT2D eigenvalue weighted by Gasteiger charge is 2.33. The van der Waals surface area contributed by atoms with Gasteiger partial charge >= 0.3 is 0 Å². The number of hydrogen-bond acceptors (Lipinski definition) is 5. The maximum atomic E-state index is 13.0. The topological polar surface area (TPSA) is 109 Å². The van der Waals surface area contributed by atoms with Crippen LogP contribution in [0.1, 0.15) is 41.7 Å². The van der Waals surface area contributed by atoms with Crippen LogP contribution < -0.4 is 15.8 Å². The summed E-state index contributed by atoms with van der Waals surface area (Å²) in [6.45, 7) is 5.10. The largest absolute Gasteiger partial charge is 0.457 e. The Bertz CT molecular complexity index is 1240.